The summed E-state index contributed by atoms with van der Waals surface area (Å²) in [6.07, 6.45) is 1.54. The Morgan fingerprint density at radius 3 is 2.73 bits per heavy atom. The van der Waals surface area contributed by atoms with Crippen LogP contribution >= 0.6 is 11.6 Å². The lowest BCUT2D eigenvalue weighted by Gasteiger charge is -2.10. The van der Waals surface area contributed by atoms with Gasteiger partial charge in [0.05, 0.1) is 0 Å². The molecule has 0 saturated heterocycles. The first kappa shape index (κ1) is 17.9. The number of nitrogens with one attached hydrogen (secondary N) is 2. The van der Waals surface area contributed by atoms with Crippen molar-refractivity contribution >= 4 is 29.0 Å². The molecule has 6 heteroatoms. The molecule has 0 unspecified atom stereocenters. The van der Waals surface area contributed by atoms with E-state index in [9.17, 15) is 9.18 Å². The third kappa shape index (κ3) is 4.37. The average molecular weight is 370 g/mol. The highest BCUT2D eigenvalue weighted by Crippen LogP contribution is 2.20. The van der Waals surface area contributed by atoms with Crippen LogP contribution in [0.25, 0.3) is 0 Å². The molecular weight excluding hydrogens is 353 g/mol. The fourth-order valence-electron chi connectivity index (χ4n) is 2.46. The van der Waals surface area contributed by atoms with Gasteiger partial charge in [-0.25, -0.2) is 9.37 Å². The van der Waals surface area contributed by atoms with Gasteiger partial charge in [0.2, 0.25) is 0 Å². The maximum absolute atomic E-state index is 13.7. The standard InChI is InChI=1S/C20H17ClFN3O/c1-13-10-16(21)6-7-18(13)25-20(26)14-8-9-23-19(11-14)24-12-15-4-2-3-5-17(15)22/h2-11H,12H2,1H3,(H,23,24)(H,25,26). The summed E-state index contributed by atoms with van der Waals surface area (Å²) >= 11 is 5.93. The molecule has 3 rings (SSSR count). The van der Waals surface area contributed by atoms with E-state index in [0.29, 0.717) is 27.7 Å². The van der Waals surface area contributed by atoms with Crippen LogP contribution in [0, 0.1) is 12.7 Å². The van der Waals surface area contributed by atoms with E-state index in [1.54, 1.807) is 48.5 Å². The number of halogens is 2. The van der Waals surface area contributed by atoms with Crippen molar-refractivity contribution in [2.45, 2.75) is 13.5 Å². The van der Waals surface area contributed by atoms with Crippen LogP contribution in [-0.4, -0.2) is 10.9 Å². The van der Waals surface area contributed by atoms with E-state index < -0.39 is 0 Å². The highest BCUT2D eigenvalue weighted by molar-refractivity contribution is 6.30. The van der Waals surface area contributed by atoms with E-state index in [-0.39, 0.29) is 18.3 Å². The van der Waals surface area contributed by atoms with Gasteiger partial charge < -0.3 is 10.6 Å². The maximum Gasteiger partial charge on any atom is 0.255 e. The van der Waals surface area contributed by atoms with Crippen molar-refractivity contribution in [3.63, 3.8) is 0 Å². The van der Waals surface area contributed by atoms with Gasteiger partial charge in [-0.1, -0.05) is 29.8 Å². The molecule has 26 heavy (non-hydrogen) atoms. The lowest BCUT2D eigenvalue weighted by atomic mass is 10.1. The van der Waals surface area contributed by atoms with Gasteiger partial charge in [-0.05, 0) is 48.9 Å². The predicted octanol–water partition coefficient (Wildman–Crippen LogP) is 5.05. The Balaban J connectivity index is 1.70. The molecule has 3 aromatic rings. The highest BCUT2D eigenvalue weighted by atomic mass is 35.5. The van der Waals surface area contributed by atoms with Crippen molar-refractivity contribution in [3.8, 4) is 0 Å². The van der Waals surface area contributed by atoms with Crippen LogP contribution in [0.5, 0.6) is 0 Å². The first-order chi connectivity index (χ1) is 12.5. The van der Waals surface area contributed by atoms with Gasteiger partial charge in [0.1, 0.15) is 11.6 Å². The van der Waals surface area contributed by atoms with E-state index in [1.165, 1.54) is 12.3 Å². The SMILES string of the molecule is Cc1cc(Cl)ccc1NC(=O)c1ccnc(NCc2ccccc2F)c1. The molecule has 0 spiro atoms. The predicted molar refractivity (Wildman–Crippen MR) is 102 cm³/mol. The number of hydrogen-bond acceptors (Lipinski definition) is 3. The van der Waals surface area contributed by atoms with Gasteiger partial charge in [-0.2, -0.15) is 0 Å². The molecule has 2 aromatic carbocycles. The minimum Gasteiger partial charge on any atom is -0.366 e. The summed E-state index contributed by atoms with van der Waals surface area (Å²) in [4.78, 5) is 16.6. The minimum atomic E-state index is -0.285. The molecule has 1 amide bonds. The Morgan fingerprint density at radius 1 is 1.15 bits per heavy atom. The van der Waals surface area contributed by atoms with Crippen LogP contribution in [0.2, 0.25) is 5.02 Å². The summed E-state index contributed by atoms with van der Waals surface area (Å²) in [5.74, 6) is -0.0485. The van der Waals surface area contributed by atoms with Gasteiger partial charge in [-0.3, -0.25) is 4.79 Å². The van der Waals surface area contributed by atoms with Crippen molar-refractivity contribution in [1.29, 1.82) is 0 Å². The molecule has 0 aliphatic heterocycles. The Bertz CT molecular complexity index is 946. The molecule has 132 valence electrons. The number of aryl methyl sites for hydroxylation is 1. The number of rotatable bonds is 5. The molecule has 0 fully saturated rings. The van der Waals surface area contributed by atoms with Crippen LogP contribution in [0.1, 0.15) is 21.5 Å². The number of benzene rings is 2. The van der Waals surface area contributed by atoms with E-state index in [2.05, 4.69) is 15.6 Å². The summed E-state index contributed by atoms with van der Waals surface area (Å²) in [5, 5.41) is 6.50. The number of nitrogens with zero attached hydrogens (tertiary/aromatic N) is 1. The topological polar surface area (TPSA) is 54.0 Å². The molecule has 0 bridgehead atoms. The highest BCUT2D eigenvalue weighted by Gasteiger charge is 2.10. The van der Waals surface area contributed by atoms with Crippen molar-refractivity contribution in [2.75, 3.05) is 10.6 Å². The molecular formula is C20H17ClFN3O. The number of pyridine rings is 1. The zero-order chi connectivity index (χ0) is 18.5. The Labute approximate surface area is 156 Å². The van der Waals surface area contributed by atoms with Gasteiger partial charge in [0.15, 0.2) is 0 Å². The maximum atomic E-state index is 13.7. The number of amides is 1. The zero-order valence-electron chi connectivity index (χ0n) is 14.1. The van der Waals surface area contributed by atoms with E-state index in [0.717, 1.165) is 5.56 Å². The average Bonchev–Trinajstić information content (AvgIpc) is 2.63. The summed E-state index contributed by atoms with van der Waals surface area (Å²) in [5.41, 5.74) is 2.54. The first-order valence-corrected chi connectivity index (χ1v) is 8.41. The number of anilines is 2. The molecule has 0 aliphatic carbocycles. The number of carbonyl (C=O) groups excluding carboxylic acids is 1. The largest absolute Gasteiger partial charge is 0.366 e. The van der Waals surface area contributed by atoms with Crippen LogP contribution in [0.3, 0.4) is 0 Å². The lowest BCUT2D eigenvalue weighted by molar-refractivity contribution is 0.102. The van der Waals surface area contributed by atoms with Crippen molar-refractivity contribution in [3.05, 3.63) is 88.3 Å². The van der Waals surface area contributed by atoms with Gasteiger partial charge in [0.25, 0.3) is 5.91 Å². The second kappa shape index (κ2) is 7.97. The van der Waals surface area contributed by atoms with Crippen LogP contribution in [-0.2, 0) is 6.54 Å². The van der Waals surface area contributed by atoms with Gasteiger partial charge in [0, 0.05) is 34.6 Å². The quantitative estimate of drug-likeness (QED) is 0.662. The Hall–Kier alpha value is -2.92. The summed E-state index contributed by atoms with van der Waals surface area (Å²) < 4.78 is 13.7. The fourth-order valence-corrected chi connectivity index (χ4v) is 2.68. The van der Waals surface area contributed by atoms with Crippen molar-refractivity contribution in [1.82, 2.24) is 4.98 Å². The van der Waals surface area contributed by atoms with E-state index >= 15 is 0 Å². The number of carbonyl (C=O) groups is 1. The molecule has 0 saturated carbocycles. The number of hydrogen-bond donors (Lipinski definition) is 2. The molecule has 0 atom stereocenters. The molecule has 1 aromatic heterocycles. The Morgan fingerprint density at radius 2 is 1.96 bits per heavy atom. The molecule has 4 nitrogen and oxygen atoms in total. The molecule has 2 N–H and O–H groups in total. The lowest BCUT2D eigenvalue weighted by Crippen LogP contribution is -2.13. The Kier molecular flexibility index (Phi) is 5.49. The zero-order valence-corrected chi connectivity index (χ0v) is 14.8. The summed E-state index contributed by atoms with van der Waals surface area (Å²) in [7, 11) is 0. The molecule has 0 aliphatic rings. The first-order valence-electron chi connectivity index (χ1n) is 8.04. The monoisotopic (exact) mass is 369 g/mol. The van der Waals surface area contributed by atoms with E-state index in [4.69, 9.17) is 11.6 Å². The van der Waals surface area contributed by atoms with Crippen LogP contribution in [0.15, 0.2) is 60.8 Å². The van der Waals surface area contributed by atoms with Gasteiger partial charge in [-0.15, -0.1) is 0 Å². The van der Waals surface area contributed by atoms with Crippen LogP contribution in [0.4, 0.5) is 15.9 Å². The minimum absolute atomic E-state index is 0.258. The normalized spacial score (nSPS) is 10.4. The number of aromatic nitrogens is 1. The smallest absolute Gasteiger partial charge is 0.255 e. The fraction of sp³-hybridized carbons (Fsp3) is 0.100. The molecule has 0 radical (unpaired) electrons. The second-order valence-corrected chi connectivity index (χ2v) is 6.22. The summed E-state index contributed by atoms with van der Waals surface area (Å²) in [6.45, 7) is 2.15. The van der Waals surface area contributed by atoms with Crippen LogP contribution < -0.4 is 10.6 Å². The van der Waals surface area contributed by atoms with Crippen molar-refractivity contribution < 1.29 is 9.18 Å². The third-order valence-electron chi connectivity index (χ3n) is 3.88. The van der Waals surface area contributed by atoms with Crippen molar-refractivity contribution in [2.24, 2.45) is 0 Å². The molecule has 1 heterocycles. The van der Waals surface area contributed by atoms with Gasteiger partial charge >= 0.3 is 0 Å². The second-order valence-electron chi connectivity index (χ2n) is 5.79. The van der Waals surface area contributed by atoms with E-state index in [1.807, 2.05) is 6.92 Å². The third-order valence-corrected chi connectivity index (χ3v) is 4.11. The summed E-state index contributed by atoms with van der Waals surface area (Å²) in [6, 6.07) is 15.0.